The molecular weight excluding hydrogens is 294 g/mol. The number of carboxylic acids is 1. The van der Waals surface area contributed by atoms with E-state index in [4.69, 9.17) is 5.11 Å². The molecule has 0 saturated carbocycles. The van der Waals surface area contributed by atoms with Crippen molar-refractivity contribution in [2.75, 3.05) is 6.54 Å². The Kier molecular flexibility index (Phi) is 5.88. The predicted molar refractivity (Wildman–Crippen MR) is 79.0 cm³/mol. The molecule has 0 bridgehead atoms. The van der Waals surface area contributed by atoms with Crippen LogP contribution in [0.15, 0.2) is 17.0 Å². The Balaban J connectivity index is 3.03. The Hall–Kier alpha value is -1.44. The van der Waals surface area contributed by atoms with Crippen molar-refractivity contribution in [1.29, 1.82) is 0 Å². The second-order valence-corrected chi connectivity index (χ2v) is 6.72. The van der Waals surface area contributed by atoms with Crippen LogP contribution >= 0.6 is 0 Å². The molecule has 0 amide bonds. The van der Waals surface area contributed by atoms with Gasteiger partial charge in [-0.05, 0) is 43.9 Å². The molecule has 1 aromatic carbocycles. The largest absolute Gasteiger partial charge is 0.478 e. The number of hydrogen-bond donors (Lipinski definition) is 3. The minimum atomic E-state index is -3.79. The van der Waals surface area contributed by atoms with Crippen LogP contribution < -0.4 is 4.72 Å². The summed E-state index contributed by atoms with van der Waals surface area (Å²) in [6.07, 6.45) is 0.308. The first kappa shape index (κ1) is 17.6. The average molecular weight is 315 g/mol. The van der Waals surface area contributed by atoms with Crippen molar-refractivity contribution in [3.05, 3.63) is 28.8 Å². The van der Waals surface area contributed by atoms with Crippen molar-refractivity contribution < 1.29 is 23.4 Å². The van der Waals surface area contributed by atoms with Crippen LogP contribution in [-0.4, -0.2) is 37.2 Å². The van der Waals surface area contributed by atoms with E-state index in [9.17, 15) is 18.3 Å². The average Bonchev–Trinajstić information content (AvgIpc) is 2.37. The summed E-state index contributed by atoms with van der Waals surface area (Å²) in [4.78, 5) is 11.1. The second kappa shape index (κ2) is 7.02. The number of carbonyl (C=O) groups is 1. The number of aliphatic hydroxyl groups excluding tert-OH is 1. The first-order valence-corrected chi connectivity index (χ1v) is 8.19. The molecule has 0 aromatic heterocycles. The highest BCUT2D eigenvalue weighted by molar-refractivity contribution is 7.89. The van der Waals surface area contributed by atoms with Gasteiger partial charge in [0.1, 0.15) is 0 Å². The highest BCUT2D eigenvalue weighted by Gasteiger charge is 2.20. The zero-order valence-electron chi connectivity index (χ0n) is 12.4. The molecule has 21 heavy (non-hydrogen) atoms. The maximum Gasteiger partial charge on any atom is 0.335 e. The van der Waals surface area contributed by atoms with Crippen LogP contribution in [0.2, 0.25) is 0 Å². The molecular formula is C14H21NO5S. The maximum absolute atomic E-state index is 12.2. The quantitative estimate of drug-likeness (QED) is 0.706. The molecule has 7 heteroatoms. The summed E-state index contributed by atoms with van der Waals surface area (Å²) >= 11 is 0. The fraction of sp³-hybridized carbons (Fsp3) is 0.500. The van der Waals surface area contributed by atoms with Crippen LogP contribution in [0.5, 0.6) is 0 Å². The number of carboxylic acid groups (broad SMARTS) is 1. The van der Waals surface area contributed by atoms with E-state index in [1.807, 2.05) is 6.92 Å². The Morgan fingerprint density at radius 3 is 2.43 bits per heavy atom. The van der Waals surface area contributed by atoms with E-state index < -0.39 is 22.1 Å². The third kappa shape index (κ3) is 4.52. The molecule has 6 nitrogen and oxygen atoms in total. The van der Waals surface area contributed by atoms with E-state index in [2.05, 4.69) is 4.72 Å². The Labute approximate surface area is 124 Å². The van der Waals surface area contributed by atoms with Gasteiger partial charge in [0.05, 0.1) is 16.6 Å². The molecule has 0 heterocycles. The van der Waals surface area contributed by atoms with Crippen LogP contribution in [0.3, 0.4) is 0 Å². The number of rotatable bonds is 7. The minimum absolute atomic E-state index is 0.0328. The number of aromatic carboxylic acids is 1. The lowest BCUT2D eigenvalue weighted by Crippen LogP contribution is -2.28. The molecule has 1 aromatic rings. The van der Waals surface area contributed by atoms with Gasteiger partial charge in [0, 0.05) is 6.54 Å². The van der Waals surface area contributed by atoms with Crippen molar-refractivity contribution in [3.8, 4) is 0 Å². The van der Waals surface area contributed by atoms with Gasteiger partial charge in [-0.2, -0.15) is 0 Å². The molecule has 1 atom stereocenters. The number of nitrogens with one attached hydrogen (secondary N) is 1. The Morgan fingerprint density at radius 1 is 1.29 bits per heavy atom. The van der Waals surface area contributed by atoms with Crippen molar-refractivity contribution in [2.45, 2.75) is 44.6 Å². The smallest absolute Gasteiger partial charge is 0.335 e. The fourth-order valence-corrected chi connectivity index (χ4v) is 3.29. The van der Waals surface area contributed by atoms with Gasteiger partial charge < -0.3 is 10.2 Å². The van der Waals surface area contributed by atoms with Crippen LogP contribution in [0.1, 0.15) is 41.3 Å². The molecule has 0 aliphatic rings. The summed E-state index contributed by atoms with van der Waals surface area (Å²) in [6, 6.07) is 2.71. The van der Waals surface area contributed by atoms with Gasteiger partial charge in [0.15, 0.2) is 0 Å². The van der Waals surface area contributed by atoms with Gasteiger partial charge in [-0.25, -0.2) is 17.9 Å². The lowest BCUT2D eigenvalue weighted by molar-refractivity contribution is 0.0696. The van der Waals surface area contributed by atoms with Gasteiger partial charge in [0.2, 0.25) is 10.0 Å². The third-order valence-electron chi connectivity index (χ3n) is 3.28. The zero-order chi connectivity index (χ0) is 16.2. The van der Waals surface area contributed by atoms with E-state index in [1.165, 1.54) is 6.07 Å². The van der Waals surface area contributed by atoms with E-state index in [0.29, 0.717) is 24.0 Å². The second-order valence-electron chi connectivity index (χ2n) is 4.99. The van der Waals surface area contributed by atoms with E-state index in [1.54, 1.807) is 19.9 Å². The summed E-state index contributed by atoms with van der Waals surface area (Å²) in [5, 5.41) is 18.5. The highest BCUT2D eigenvalue weighted by Crippen LogP contribution is 2.20. The molecule has 1 rings (SSSR count). The van der Waals surface area contributed by atoms with E-state index in [-0.39, 0.29) is 17.0 Å². The highest BCUT2D eigenvalue weighted by atomic mass is 32.2. The fourth-order valence-electron chi connectivity index (χ4n) is 1.99. The minimum Gasteiger partial charge on any atom is -0.478 e. The molecule has 0 fully saturated rings. The first-order chi connectivity index (χ1) is 9.69. The standard InChI is InChI=1S/C14H21NO5S/c1-4-11(16)5-6-15-21(19,20)13-8-12(14(17)18)9(2)7-10(13)3/h7-8,11,15-16H,4-6H2,1-3H3,(H,17,18). The van der Waals surface area contributed by atoms with Crippen LogP contribution in [0.25, 0.3) is 0 Å². The number of hydrogen-bond acceptors (Lipinski definition) is 4. The summed E-state index contributed by atoms with van der Waals surface area (Å²) in [5.74, 6) is -1.16. The van der Waals surface area contributed by atoms with Crippen molar-refractivity contribution in [3.63, 3.8) is 0 Å². The predicted octanol–water partition coefficient (Wildman–Crippen LogP) is 1.44. The summed E-state index contributed by atoms with van der Waals surface area (Å²) in [6.45, 7) is 5.15. The number of aliphatic hydroxyl groups is 1. The SMILES string of the molecule is CCC(O)CCNS(=O)(=O)c1cc(C(=O)O)c(C)cc1C. The van der Waals surface area contributed by atoms with Gasteiger partial charge in [-0.1, -0.05) is 13.0 Å². The molecule has 0 saturated heterocycles. The topological polar surface area (TPSA) is 104 Å². The summed E-state index contributed by atoms with van der Waals surface area (Å²) < 4.78 is 26.8. The van der Waals surface area contributed by atoms with Crippen molar-refractivity contribution in [1.82, 2.24) is 4.72 Å². The van der Waals surface area contributed by atoms with Crippen molar-refractivity contribution >= 4 is 16.0 Å². The summed E-state index contributed by atoms with van der Waals surface area (Å²) in [5.41, 5.74) is 0.968. The number of aryl methyl sites for hydroxylation is 2. The normalized spacial score (nSPS) is 13.1. The van der Waals surface area contributed by atoms with Gasteiger partial charge in [-0.3, -0.25) is 0 Å². The van der Waals surface area contributed by atoms with Crippen LogP contribution in [0, 0.1) is 13.8 Å². The molecule has 0 radical (unpaired) electrons. The maximum atomic E-state index is 12.2. The van der Waals surface area contributed by atoms with E-state index in [0.717, 1.165) is 0 Å². The lowest BCUT2D eigenvalue weighted by atomic mass is 10.1. The number of sulfonamides is 1. The molecule has 0 aliphatic carbocycles. The lowest BCUT2D eigenvalue weighted by Gasteiger charge is -2.13. The van der Waals surface area contributed by atoms with Gasteiger partial charge in [-0.15, -0.1) is 0 Å². The third-order valence-corrected chi connectivity index (χ3v) is 4.89. The monoisotopic (exact) mass is 315 g/mol. The van der Waals surface area contributed by atoms with Crippen LogP contribution in [0.4, 0.5) is 0 Å². The van der Waals surface area contributed by atoms with E-state index >= 15 is 0 Å². The summed E-state index contributed by atoms with van der Waals surface area (Å²) in [7, 11) is -3.79. The Bertz CT molecular complexity index is 624. The van der Waals surface area contributed by atoms with Gasteiger partial charge >= 0.3 is 5.97 Å². The molecule has 0 spiro atoms. The Morgan fingerprint density at radius 2 is 1.90 bits per heavy atom. The van der Waals surface area contributed by atoms with Gasteiger partial charge in [0.25, 0.3) is 0 Å². The molecule has 0 aliphatic heterocycles. The first-order valence-electron chi connectivity index (χ1n) is 6.71. The molecule has 1 unspecified atom stereocenters. The molecule has 3 N–H and O–H groups in total. The zero-order valence-corrected chi connectivity index (χ0v) is 13.2. The van der Waals surface area contributed by atoms with Crippen molar-refractivity contribution in [2.24, 2.45) is 0 Å². The number of benzene rings is 1. The van der Waals surface area contributed by atoms with Crippen LogP contribution in [-0.2, 0) is 10.0 Å². The molecule has 118 valence electrons.